The Hall–Kier alpha value is -2.50. The van der Waals surface area contributed by atoms with Gasteiger partial charge in [-0.1, -0.05) is 0 Å². The molecule has 0 bridgehead atoms. The average molecular weight is 263 g/mol. The minimum atomic E-state index is -0.607. The van der Waals surface area contributed by atoms with Crippen LogP contribution < -0.4 is 15.2 Å². The molecule has 1 aliphatic heterocycles. The van der Waals surface area contributed by atoms with Gasteiger partial charge in [0, 0.05) is 23.4 Å². The highest BCUT2D eigenvalue weighted by Gasteiger charge is 2.17. The molecule has 2 N–H and O–H groups in total. The fourth-order valence-corrected chi connectivity index (χ4v) is 1.62. The molecule has 6 nitrogen and oxygen atoms in total. The van der Waals surface area contributed by atoms with Crippen LogP contribution >= 0.6 is 0 Å². The smallest absolute Gasteiger partial charge is 0.330 e. The number of nitrogens with two attached hydrogens (primary N) is 1. The first-order valence-electron chi connectivity index (χ1n) is 5.61. The van der Waals surface area contributed by atoms with E-state index in [1.165, 1.54) is 19.2 Å². The molecule has 0 unspecified atom stereocenters. The van der Waals surface area contributed by atoms with Crippen LogP contribution in [0.3, 0.4) is 0 Å². The number of anilines is 1. The van der Waals surface area contributed by atoms with Crippen LogP contribution in [0.1, 0.15) is 10.4 Å². The Kier molecular flexibility index (Phi) is 3.70. The van der Waals surface area contributed by atoms with Crippen molar-refractivity contribution in [2.45, 2.75) is 0 Å². The van der Waals surface area contributed by atoms with Crippen LogP contribution in [0.15, 0.2) is 24.3 Å². The molecule has 0 fully saturated rings. The minimum absolute atomic E-state index is 0.254. The zero-order valence-corrected chi connectivity index (χ0v) is 10.3. The van der Waals surface area contributed by atoms with E-state index in [0.29, 0.717) is 24.7 Å². The number of ether oxygens (including phenoxy) is 3. The summed E-state index contributed by atoms with van der Waals surface area (Å²) in [4.78, 5) is 22.8. The van der Waals surface area contributed by atoms with Crippen LogP contribution in [0, 0.1) is 0 Å². The quantitative estimate of drug-likeness (QED) is 0.378. The van der Waals surface area contributed by atoms with Crippen LogP contribution in [-0.2, 0) is 9.53 Å². The molecular weight excluding hydrogens is 250 g/mol. The zero-order chi connectivity index (χ0) is 13.8. The highest BCUT2D eigenvalue weighted by atomic mass is 16.6. The molecule has 100 valence electrons. The Morgan fingerprint density at radius 3 is 2.47 bits per heavy atom. The van der Waals surface area contributed by atoms with Gasteiger partial charge in [0.2, 0.25) is 0 Å². The van der Waals surface area contributed by atoms with Gasteiger partial charge in [-0.3, -0.25) is 4.79 Å². The van der Waals surface area contributed by atoms with E-state index in [4.69, 9.17) is 15.2 Å². The molecular formula is C13H13NO5. The number of carbonyl (C=O) groups excluding carboxylic acids is 2. The summed E-state index contributed by atoms with van der Waals surface area (Å²) in [6, 6.07) is 3.04. The topological polar surface area (TPSA) is 87.9 Å². The third-order valence-corrected chi connectivity index (χ3v) is 2.55. The molecule has 0 amide bonds. The number of esters is 1. The first-order valence-corrected chi connectivity index (χ1v) is 5.61. The summed E-state index contributed by atoms with van der Waals surface area (Å²) >= 11 is 0. The average Bonchev–Trinajstić information content (AvgIpc) is 2.43. The molecule has 0 radical (unpaired) electrons. The van der Waals surface area contributed by atoms with E-state index in [1.807, 2.05) is 0 Å². The van der Waals surface area contributed by atoms with Gasteiger partial charge < -0.3 is 19.9 Å². The van der Waals surface area contributed by atoms with Crippen molar-refractivity contribution < 1.29 is 23.8 Å². The Bertz CT molecular complexity index is 550. The number of benzene rings is 1. The third-order valence-electron chi connectivity index (χ3n) is 2.55. The molecule has 1 aromatic rings. The fraction of sp³-hybridized carbons (Fsp3) is 0.231. The zero-order valence-electron chi connectivity index (χ0n) is 10.3. The molecule has 1 aliphatic rings. The van der Waals surface area contributed by atoms with Gasteiger partial charge in [0.25, 0.3) is 0 Å². The van der Waals surface area contributed by atoms with Gasteiger partial charge in [-0.05, 0) is 12.1 Å². The highest BCUT2D eigenvalue weighted by Crippen LogP contribution is 2.34. The number of hydrogen-bond donors (Lipinski definition) is 1. The van der Waals surface area contributed by atoms with Crippen molar-refractivity contribution in [1.29, 1.82) is 0 Å². The van der Waals surface area contributed by atoms with Crippen molar-refractivity contribution >= 4 is 17.4 Å². The summed E-state index contributed by atoms with van der Waals surface area (Å²) in [5, 5.41) is 0. The number of rotatable bonds is 3. The largest absolute Gasteiger partial charge is 0.486 e. The lowest BCUT2D eigenvalue weighted by molar-refractivity contribution is -0.134. The summed E-state index contributed by atoms with van der Waals surface area (Å²) in [6.07, 6.45) is 2.15. The maximum absolute atomic E-state index is 11.9. The molecule has 1 aromatic carbocycles. The van der Waals surface area contributed by atoms with Gasteiger partial charge in [0.1, 0.15) is 13.2 Å². The molecule has 0 saturated carbocycles. The molecule has 0 spiro atoms. The summed E-state index contributed by atoms with van der Waals surface area (Å²) in [6.45, 7) is 0.866. The number of nitrogen functional groups attached to an aromatic ring is 1. The molecule has 6 heteroatoms. The SMILES string of the molecule is COC(=O)/C=C/C(=O)c1cc2c(cc1N)OCCO2. The van der Waals surface area contributed by atoms with Gasteiger partial charge in [0.05, 0.1) is 7.11 Å². The van der Waals surface area contributed by atoms with Crippen molar-refractivity contribution in [3.63, 3.8) is 0 Å². The highest BCUT2D eigenvalue weighted by molar-refractivity contribution is 6.10. The number of methoxy groups -OCH3 is 1. The second kappa shape index (κ2) is 5.43. The maximum atomic E-state index is 11.9. The predicted octanol–water partition coefficient (Wildman–Crippen LogP) is 0.952. The Balaban J connectivity index is 2.27. The van der Waals surface area contributed by atoms with Gasteiger partial charge in [-0.2, -0.15) is 0 Å². The van der Waals surface area contributed by atoms with E-state index in [1.54, 1.807) is 0 Å². The molecule has 2 rings (SSSR count). The van der Waals surface area contributed by atoms with Crippen LogP contribution in [-0.4, -0.2) is 32.1 Å². The number of fused-ring (bicyclic) bond motifs is 1. The number of allylic oxidation sites excluding steroid dienone is 1. The van der Waals surface area contributed by atoms with Crippen molar-refractivity contribution in [1.82, 2.24) is 0 Å². The molecule has 0 atom stereocenters. The van der Waals surface area contributed by atoms with E-state index >= 15 is 0 Å². The van der Waals surface area contributed by atoms with Crippen LogP contribution in [0.25, 0.3) is 0 Å². The number of ketones is 1. The Morgan fingerprint density at radius 1 is 1.21 bits per heavy atom. The minimum Gasteiger partial charge on any atom is -0.486 e. The summed E-state index contributed by atoms with van der Waals surface area (Å²) < 4.78 is 15.1. The van der Waals surface area contributed by atoms with E-state index in [9.17, 15) is 9.59 Å². The maximum Gasteiger partial charge on any atom is 0.330 e. The number of carbonyl (C=O) groups is 2. The van der Waals surface area contributed by atoms with Crippen LogP contribution in [0.4, 0.5) is 5.69 Å². The fourth-order valence-electron chi connectivity index (χ4n) is 1.62. The molecule has 1 heterocycles. The van der Waals surface area contributed by atoms with Crippen molar-refractivity contribution in [2.24, 2.45) is 0 Å². The molecule has 0 aromatic heterocycles. The second-order valence-corrected chi connectivity index (χ2v) is 3.80. The monoisotopic (exact) mass is 263 g/mol. The predicted molar refractivity (Wildman–Crippen MR) is 67.3 cm³/mol. The Morgan fingerprint density at radius 2 is 1.84 bits per heavy atom. The van der Waals surface area contributed by atoms with Crippen molar-refractivity contribution in [2.75, 3.05) is 26.1 Å². The summed E-state index contributed by atoms with van der Waals surface area (Å²) in [5.41, 5.74) is 6.30. The molecule has 0 aliphatic carbocycles. The first-order chi connectivity index (χ1) is 9.11. The van der Waals surface area contributed by atoms with Crippen LogP contribution in [0.2, 0.25) is 0 Å². The van der Waals surface area contributed by atoms with Crippen LogP contribution in [0.5, 0.6) is 11.5 Å². The lowest BCUT2D eigenvalue weighted by Crippen LogP contribution is -2.16. The summed E-state index contributed by atoms with van der Waals surface area (Å²) in [7, 11) is 1.23. The molecule has 19 heavy (non-hydrogen) atoms. The lowest BCUT2D eigenvalue weighted by Gasteiger charge is -2.19. The number of hydrogen-bond acceptors (Lipinski definition) is 6. The summed E-state index contributed by atoms with van der Waals surface area (Å²) in [5.74, 6) is -0.0307. The van der Waals surface area contributed by atoms with Gasteiger partial charge in [-0.25, -0.2) is 4.79 Å². The molecule has 0 saturated heterocycles. The standard InChI is InChI=1S/C13H13NO5/c1-17-13(16)3-2-10(15)8-6-11-12(7-9(8)14)19-5-4-18-11/h2-3,6-7H,4-5,14H2,1H3/b3-2+. The van der Waals surface area contributed by atoms with Gasteiger partial charge in [0.15, 0.2) is 17.3 Å². The van der Waals surface area contributed by atoms with Crippen molar-refractivity contribution in [3.05, 3.63) is 29.8 Å². The van der Waals surface area contributed by atoms with Crippen molar-refractivity contribution in [3.8, 4) is 11.5 Å². The first kappa shape index (κ1) is 12.9. The third kappa shape index (κ3) is 2.85. The Labute approximate surface area is 109 Å². The van der Waals surface area contributed by atoms with E-state index in [2.05, 4.69) is 4.74 Å². The lowest BCUT2D eigenvalue weighted by atomic mass is 10.1. The van der Waals surface area contributed by atoms with E-state index in [0.717, 1.165) is 12.2 Å². The van der Waals surface area contributed by atoms with Gasteiger partial charge >= 0.3 is 5.97 Å². The van der Waals surface area contributed by atoms with E-state index in [-0.39, 0.29) is 11.3 Å². The van der Waals surface area contributed by atoms with Gasteiger partial charge in [-0.15, -0.1) is 0 Å². The van der Waals surface area contributed by atoms with E-state index < -0.39 is 11.8 Å². The normalized spacial score (nSPS) is 13.3. The second-order valence-electron chi connectivity index (χ2n) is 3.80.